The van der Waals surface area contributed by atoms with Crippen LogP contribution in [0, 0.1) is 15.9 Å². The Hall–Kier alpha value is -1.25. The topological polar surface area (TPSA) is 65.3 Å². The molecule has 9 heteroatoms. The van der Waals surface area contributed by atoms with Crippen molar-refractivity contribution in [1.82, 2.24) is 4.98 Å². The standard InChI is InChI=1S/C11H4Br2ClFN2O3/c12-5-1-7(14)11(16-4-5)20-10-3-8(15)6(13)2-9(10)17(18)19/h1-4H. The first kappa shape index (κ1) is 15.1. The molecule has 0 N–H and O–H groups in total. The minimum Gasteiger partial charge on any atom is -0.430 e. The molecule has 0 aliphatic carbocycles. The number of nitro groups is 1. The highest BCUT2D eigenvalue weighted by atomic mass is 79.9. The SMILES string of the molecule is O=[N+]([O-])c1cc(Br)c(F)cc1Oc1ncc(Br)cc1Cl. The van der Waals surface area contributed by atoms with E-state index in [1.807, 2.05) is 0 Å². The number of halogens is 4. The van der Waals surface area contributed by atoms with Gasteiger partial charge in [0.2, 0.25) is 11.6 Å². The zero-order valence-electron chi connectivity index (χ0n) is 9.44. The minimum absolute atomic E-state index is 0.0357. The Kier molecular flexibility index (Phi) is 4.56. The van der Waals surface area contributed by atoms with Crippen molar-refractivity contribution in [3.63, 3.8) is 0 Å². The van der Waals surface area contributed by atoms with Gasteiger partial charge in [0.1, 0.15) is 10.8 Å². The summed E-state index contributed by atoms with van der Waals surface area (Å²) < 4.78 is 19.3. The molecule has 2 rings (SSSR count). The second-order valence-electron chi connectivity index (χ2n) is 3.53. The first-order chi connectivity index (χ1) is 9.38. The minimum atomic E-state index is -0.696. The Bertz CT molecular complexity index is 700. The summed E-state index contributed by atoms with van der Waals surface area (Å²) in [5, 5.41) is 11.1. The zero-order chi connectivity index (χ0) is 14.9. The second-order valence-corrected chi connectivity index (χ2v) is 5.71. The van der Waals surface area contributed by atoms with Crippen molar-refractivity contribution in [1.29, 1.82) is 0 Å². The maximum absolute atomic E-state index is 13.5. The maximum Gasteiger partial charge on any atom is 0.312 e. The Morgan fingerprint density at radius 1 is 1.35 bits per heavy atom. The van der Waals surface area contributed by atoms with E-state index in [0.29, 0.717) is 4.47 Å². The van der Waals surface area contributed by atoms with Crippen LogP contribution in [0.3, 0.4) is 0 Å². The summed E-state index contributed by atoms with van der Waals surface area (Å²) in [5.41, 5.74) is -0.404. The summed E-state index contributed by atoms with van der Waals surface area (Å²) >= 11 is 11.9. The Balaban J connectivity index is 2.47. The van der Waals surface area contributed by atoms with Crippen LogP contribution in [0.4, 0.5) is 10.1 Å². The van der Waals surface area contributed by atoms with Crippen LogP contribution in [-0.4, -0.2) is 9.91 Å². The van der Waals surface area contributed by atoms with Gasteiger partial charge in [0, 0.05) is 22.8 Å². The lowest BCUT2D eigenvalue weighted by Crippen LogP contribution is -1.96. The van der Waals surface area contributed by atoms with E-state index in [1.54, 1.807) is 0 Å². The Morgan fingerprint density at radius 3 is 2.65 bits per heavy atom. The highest BCUT2D eigenvalue weighted by Gasteiger charge is 2.21. The summed E-state index contributed by atoms with van der Waals surface area (Å²) in [6.07, 6.45) is 1.41. The molecule has 0 saturated heterocycles. The number of rotatable bonds is 3. The molecule has 104 valence electrons. The third kappa shape index (κ3) is 3.25. The molecule has 0 saturated carbocycles. The monoisotopic (exact) mass is 424 g/mol. The van der Waals surface area contributed by atoms with Gasteiger partial charge in [0.25, 0.3) is 0 Å². The largest absolute Gasteiger partial charge is 0.430 e. The number of hydrogen-bond donors (Lipinski definition) is 0. The van der Waals surface area contributed by atoms with Crippen molar-refractivity contribution in [3.8, 4) is 11.6 Å². The highest BCUT2D eigenvalue weighted by molar-refractivity contribution is 9.10. The summed E-state index contributed by atoms with van der Waals surface area (Å²) in [7, 11) is 0. The smallest absolute Gasteiger partial charge is 0.312 e. The van der Waals surface area contributed by atoms with E-state index in [-0.39, 0.29) is 21.1 Å². The first-order valence-corrected chi connectivity index (χ1v) is 6.97. The average molecular weight is 426 g/mol. The van der Waals surface area contributed by atoms with Crippen LogP contribution in [0.15, 0.2) is 33.3 Å². The summed E-state index contributed by atoms with van der Waals surface area (Å²) in [5.74, 6) is -1.04. The highest BCUT2D eigenvalue weighted by Crippen LogP contribution is 2.37. The number of hydrogen-bond acceptors (Lipinski definition) is 4. The number of benzene rings is 1. The zero-order valence-corrected chi connectivity index (χ0v) is 13.4. The lowest BCUT2D eigenvalue weighted by molar-refractivity contribution is -0.385. The van der Waals surface area contributed by atoms with Crippen LogP contribution in [0.5, 0.6) is 11.6 Å². The van der Waals surface area contributed by atoms with Crippen LogP contribution in [0.25, 0.3) is 0 Å². The van der Waals surface area contributed by atoms with Gasteiger partial charge in [-0.15, -0.1) is 0 Å². The van der Waals surface area contributed by atoms with E-state index >= 15 is 0 Å². The molecule has 0 radical (unpaired) electrons. The van der Waals surface area contributed by atoms with Gasteiger partial charge in [-0.25, -0.2) is 9.37 Å². The summed E-state index contributed by atoms with van der Waals surface area (Å²) in [6, 6.07) is 3.41. The van der Waals surface area contributed by atoms with Crippen molar-refractivity contribution in [2.45, 2.75) is 0 Å². The van der Waals surface area contributed by atoms with E-state index in [4.69, 9.17) is 16.3 Å². The number of aromatic nitrogens is 1. The molecule has 2 aromatic rings. The third-order valence-electron chi connectivity index (χ3n) is 2.18. The van der Waals surface area contributed by atoms with Crippen molar-refractivity contribution < 1.29 is 14.1 Å². The Morgan fingerprint density at radius 2 is 2.05 bits per heavy atom. The lowest BCUT2D eigenvalue weighted by Gasteiger charge is -2.08. The predicted octanol–water partition coefficient (Wildman–Crippen LogP) is 5.10. The molecule has 0 atom stereocenters. The normalized spacial score (nSPS) is 10.4. The molecule has 0 aliphatic heterocycles. The quantitative estimate of drug-likeness (QED) is 0.506. The van der Waals surface area contributed by atoms with Crippen LogP contribution >= 0.6 is 43.5 Å². The van der Waals surface area contributed by atoms with E-state index in [0.717, 1.165) is 12.1 Å². The number of nitro benzene ring substituents is 1. The molecular formula is C11H4Br2ClFN2O3. The fraction of sp³-hybridized carbons (Fsp3) is 0. The van der Waals surface area contributed by atoms with Gasteiger partial charge >= 0.3 is 5.69 Å². The second kappa shape index (κ2) is 6.02. The van der Waals surface area contributed by atoms with E-state index in [9.17, 15) is 14.5 Å². The molecule has 0 unspecified atom stereocenters. The number of pyridine rings is 1. The van der Waals surface area contributed by atoms with Gasteiger partial charge in [0.15, 0.2) is 0 Å². The van der Waals surface area contributed by atoms with Crippen molar-refractivity contribution in [2.75, 3.05) is 0 Å². The van der Waals surface area contributed by atoms with Crippen LogP contribution in [0.1, 0.15) is 0 Å². The molecule has 0 bridgehead atoms. The fourth-order valence-electron chi connectivity index (χ4n) is 1.32. The van der Waals surface area contributed by atoms with Gasteiger partial charge in [-0.3, -0.25) is 10.1 Å². The molecule has 20 heavy (non-hydrogen) atoms. The van der Waals surface area contributed by atoms with Crippen LogP contribution < -0.4 is 4.74 Å². The van der Waals surface area contributed by atoms with E-state index in [1.165, 1.54) is 12.3 Å². The predicted molar refractivity (Wildman–Crippen MR) is 77.8 cm³/mol. The molecule has 0 amide bonds. The third-order valence-corrected chi connectivity index (χ3v) is 3.49. The lowest BCUT2D eigenvalue weighted by atomic mass is 10.3. The van der Waals surface area contributed by atoms with Gasteiger partial charge < -0.3 is 4.74 Å². The van der Waals surface area contributed by atoms with E-state index < -0.39 is 16.4 Å². The van der Waals surface area contributed by atoms with Gasteiger partial charge in [-0.1, -0.05) is 11.6 Å². The molecular weight excluding hydrogens is 422 g/mol. The molecule has 5 nitrogen and oxygen atoms in total. The molecule has 0 spiro atoms. The summed E-state index contributed by atoms with van der Waals surface area (Å²) in [4.78, 5) is 14.1. The molecule has 1 aromatic heterocycles. The molecule has 0 aliphatic rings. The molecule has 1 heterocycles. The maximum atomic E-state index is 13.5. The van der Waals surface area contributed by atoms with Gasteiger partial charge in [0.05, 0.1) is 9.40 Å². The Labute approximate surface area is 134 Å². The average Bonchev–Trinajstić information content (AvgIpc) is 2.36. The van der Waals surface area contributed by atoms with Crippen molar-refractivity contribution in [3.05, 3.63) is 54.3 Å². The molecule has 1 aromatic carbocycles. The van der Waals surface area contributed by atoms with E-state index in [2.05, 4.69) is 36.8 Å². The van der Waals surface area contributed by atoms with Gasteiger partial charge in [-0.05, 0) is 37.9 Å². The van der Waals surface area contributed by atoms with Gasteiger partial charge in [-0.2, -0.15) is 0 Å². The van der Waals surface area contributed by atoms with Crippen molar-refractivity contribution in [2.24, 2.45) is 0 Å². The summed E-state index contributed by atoms with van der Waals surface area (Å²) in [6.45, 7) is 0. The number of ether oxygens (including phenoxy) is 1. The fourth-order valence-corrected chi connectivity index (χ4v) is 2.32. The number of nitrogens with zero attached hydrogens (tertiary/aromatic N) is 2. The van der Waals surface area contributed by atoms with Crippen molar-refractivity contribution >= 4 is 49.1 Å². The van der Waals surface area contributed by atoms with Crippen LogP contribution in [-0.2, 0) is 0 Å². The van der Waals surface area contributed by atoms with Crippen LogP contribution in [0.2, 0.25) is 5.02 Å². The first-order valence-electron chi connectivity index (χ1n) is 5.01. The molecule has 0 fully saturated rings.